The van der Waals surface area contributed by atoms with Crippen molar-refractivity contribution in [3.63, 3.8) is 0 Å². The van der Waals surface area contributed by atoms with Crippen molar-refractivity contribution < 1.29 is 17.6 Å². The van der Waals surface area contributed by atoms with Gasteiger partial charge >= 0.3 is 0 Å². The van der Waals surface area contributed by atoms with E-state index in [2.05, 4.69) is 25.2 Å². The van der Waals surface area contributed by atoms with E-state index in [9.17, 15) is 13.2 Å². The molecule has 0 fully saturated rings. The van der Waals surface area contributed by atoms with E-state index >= 15 is 0 Å². The summed E-state index contributed by atoms with van der Waals surface area (Å²) in [5.41, 5.74) is 1.82. The standard InChI is InChI=1S/C13H14N6O4S/c1-8-15-10-4-3-9(5-11(10)23-8)16-13(20)7-19-14-6-12(17-19)18-24(2,21)22/h3-6H,7H2,1-2H3,(H,16,20)(H,17,18). The van der Waals surface area contributed by atoms with E-state index in [0.29, 0.717) is 22.7 Å². The number of carbonyl (C=O) groups excluding carboxylic acids is 1. The first-order valence-corrected chi connectivity index (χ1v) is 8.72. The first-order chi connectivity index (χ1) is 11.3. The van der Waals surface area contributed by atoms with Gasteiger partial charge < -0.3 is 9.73 Å². The second-order valence-electron chi connectivity index (χ2n) is 5.10. The summed E-state index contributed by atoms with van der Waals surface area (Å²) < 4.78 is 29.8. The third-order valence-corrected chi connectivity index (χ3v) is 3.47. The van der Waals surface area contributed by atoms with E-state index in [1.54, 1.807) is 25.1 Å². The van der Waals surface area contributed by atoms with Crippen LogP contribution in [0, 0.1) is 6.92 Å². The van der Waals surface area contributed by atoms with Crippen molar-refractivity contribution in [2.45, 2.75) is 13.5 Å². The SMILES string of the molecule is Cc1nc2ccc(NC(=O)Cn3ncc(NS(C)(=O)=O)n3)cc2o1. The Bertz CT molecular complexity index is 1010. The largest absolute Gasteiger partial charge is 0.441 e. The van der Waals surface area contributed by atoms with Crippen molar-refractivity contribution in [2.75, 3.05) is 16.3 Å². The minimum Gasteiger partial charge on any atom is -0.441 e. The van der Waals surface area contributed by atoms with Crippen LogP contribution in [-0.4, -0.2) is 40.6 Å². The molecule has 0 unspecified atom stereocenters. The maximum atomic E-state index is 12.0. The summed E-state index contributed by atoms with van der Waals surface area (Å²) in [6.07, 6.45) is 2.22. The first kappa shape index (κ1) is 15.9. The van der Waals surface area contributed by atoms with E-state index in [-0.39, 0.29) is 18.3 Å². The van der Waals surface area contributed by atoms with Crippen LogP contribution in [0.25, 0.3) is 11.1 Å². The number of sulfonamides is 1. The number of amides is 1. The molecule has 3 rings (SSSR count). The van der Waals surface area contributed by atoms with Gasteiger partial charge in [-0.3, -0.25) is 9.52 Å². The topological polar surface area (TPSA) is 132 Å². The number of hydrogen-bond donors (Lipinski definition) is 2. The number of hydrogen-bond acceptors (Lipinski definition) is 7. The Morgan fingerprint density at radius 1 is 1.38 bits per heavy atom. The number of aromatic nitrogens is 4. The number of rotatable bonds is 5. The molecule has 0 bridgehead atoms. The molecule has 3 aromatic rings. The number of benzene rings is 1. The minimum atomic E-state index is -3.44. The summed E-state index contributed by atoms with van der Waals surface area (Å²) in [6, 6.07) is 5.11. The van der Waals surface area contributed by atoms with E-state index in [1.807, 2.05) is 0 Å². The Morgan fingerprint density at radius 2 is 2.17 bits per heavy atom. The number of nitrogens with zero attached hydrogens (tertiary/aromatic N) is 4. The smallest absolute Gasteiger partial charge is 0.247 e. The van der Waals surface area contributed by atoms with Gasteiger partial charge in [0, 0.05) is 18.7 Å². The Morgan fingerprint density at radius 3 is 2.92 bits per heavy atom. The zero-order chi connectivity index (χ0) is 17.3. The highest BCUT2D eigenvalue weighted by molar-refractivity contribution is 7.92. The number of oxazole rings is 1. The van der Waals surface area contributed by atoms with Crippen LogP contribution in [0.5, 0.6) is 0 Å². The molecule has 1 amide bonds. The van der Waals surface area contributed by atoms with Crippen LogP contribution >= 0.6 is 0 Å². The molecule has 1 aromatic carbocycles. The molecule has 2 aromatic heterocycles. The molecular weight excluding hydrogens is 336 g/mol. The third-order valence-electron chi connectivity index (χ3n) is 2.89. The molecule has 0 atom stereocenters. The maximum absolute atomic E-state index is 12.0. The zero-order valence-electron chi connectivity index (χ0n) is 12.8. The van der Waals surface area contributed by atoms with Gasteiger partial charge in [0.1, 0.15) is 12.1 Å². The molecule has 126 valence electrons. The van der Waals surface area contributed by atoms with Gasteiger partial charge in [-0.1, -0.05) is 0 Å². The summed E-state index contributed by atoms with van der Waals surface area (Å²) in [7, 11) is -3.44. The molecule has 10 nitrogen and oxygen atoms in total. The number of fused-ring (bicyclic) bond motifs is 1. The highest BCUT2D eigenvalue weighted by Crippen LogP contribution is 2.19. The van der Waals surface area contributed by atoms with Crippen LogP contribution in [0.3, 0.4) is 0 Å². The van der Waals surface area contributed by atoms with E-state index in [1.165, 1.54) is 6.20 Å². The van der Waals surface area contributed by atoms with Gasteiger partial charge in [-0.15, -0.1) is 5.10 Å². The van der Waals surface area contributed by atoms with Gasteiger partial charge in [-0.05, 0) is 12.1 Å². The number of anilines is 2. The molecule has 0 radical (unpaired) electrons. The summed E-state index contributed by atoms with van der Waals surface area (Å²) in [6.45, 7) is 1.57. The van der Waals surface area contributed by atoms with E-state index in [4.69, 9.17) is 4.42 Å². The molecule has 0 aliphatic carbocycles. The molecule has 0 saturated heterocycles. The fraction of sp³-hybridized carbons (Fsp3) is 0.231. The van der Waals surface area contributed by atoms with Gasteiger partial charge in [0.15, 0.2) is 17.3 Å². The normalized spacial score (nSPS) is 11.6. The predicted octanol–water partition coefficient (Wildman–Crippen LogP) is 0.738. The zero-order valence-corrected chi connectivity index (χ0v) is 13.7. The lowest BCUT2D eigenvalue weighted by Crippen LogP contribution is -2.20. The average molecular weight is 350 g/mol. The fourth-order valence-corrected chi connectivity index (χ4v) is 2.53. The van der Waals surface area contributed by atoms with Crippen molar-refractivity contribution in [3.8, 4) is 0 Å². The Balaban J connectivity index is 1.66. The van der Waals surface area contributed by atoms with Gasteiger partial charge in [0.25, 0.3) is 0 Å². The lowest BCUT2D eigenvalue weighted by molar-refractivity contribution is -0.117. The van der Waals surface area contributed by atoms with Crippen molar-refractivity contribution in [2.24, 2.45) is 0 Å². The second kappa shape index (κ2) is 5.92. The van der Waals surface area contributed by atoms with Crippen LogP contribution in [-0.2, 0) is 21.4 Å². The molecule has 24 heavy (non-hydrogen) atoms. The third kappa shape index (κ3) is 3.87. The van der Waals surface area contributed by atoms with Crippen molar-refractivity contribution >= 4 is 38.5 Å². The Hall–Kier alpha value is -2.95. The summed E-state index contributed by atoms with van der Waals surface area (Å²) >= 11 is 0. The van der Waals surface area contributed by atoms with Crippen molar-refractivity contribution in [3.05, 3.63) is 30.3 Å². The van der Waals surface area contributed by atoms with Crippen molar-refractivity contribution in [1.29, 1.82) is 0 Å². The molecule has 0 aliphatic heterocycles. The highest BCUT2D eigenvalue weighted by Gasteiger charge is 2.10. The van der Waals surface area contributed by atoms with E-state index in [0.717, 1.165) is 11.1 Å². The summed E-state index contributed by atoms with van der Waals surface area (Å²) in [4.78, 5) is 17.3. The molecule has 11 heteroatoms. The molecule has 0 saturated carbocycles. The molecule has 0 spiro atoms. The second-order valence-corrected chi connectivity index (χ2v) is 6.85. The Labute approximate surface area is 136 Å². The molecule has 2 heterocycles. The summed E-state index contributed by atoms with van der Waals surface area (Å²) in [5.74, 6) is 0.219. The quantitative estimate of drug-likeness (QED) is 0.693. The monoisotopic (exact) mass is 350 g/mol. The number of aryl methyl sites for hydroxylation is 1. The maximum Gasteiger partial charge on any atom is 0.247 e. The molecule has 0 aliphatic rings. The van der Waals surface area contributed by atoms with Gasteiger partial charge in [0.05, 0.1) is 12.5 Å². The average Bonchev–Trinajstić information content (AvgIpc) is 3.01. The lowest BCUT2D eigenvalue weighted by atomic mass is 10.3. The van der Waals surface area contributed by atoms with Crippen LogP contribution in [0.2, 0.25) is 0 Å². The van der Waals surface area contributed by atoms with Crippen LogP contribution in [0.15, 0.2) is 28.8 Å². The van der Waals surface area contributed by atoms with Gasteiger partial charge in [-0.25, -0.2) is 13.4 Å². The van der Waals surface area contributed by atoms with E-state index < -0.39 is 10.0 Å². The van der Waals surface area contributed by atoms with Gasteiger partial charge in [0.2, 0.25) is 15.9 Å². The summed E-state index contributed by atoms with van der Waals surface area (Å²) in [5, 5.41) is 10.4. The number of carbonyl (C=O) groups is 1. The van der Waals surface area contributed by atoms with Crippen LogP contribution < -0.4 is 10.0 Å². The molecule has 2 N–H and O–H groups in total. The van der Waals surface area contributed by atoms with Gasteiger partial charge in [-0.2, -0.15) is 9.90 Å². The lowest BCUT2D eigenvalue weighted by Gasteiger charge is -2.04. The van der Waals surface area contributed by atoms with Crippen LogP contribution in [0.1, 0.15) is 5.89 Å². The van der Waals surface area contributed by atoms with Crippen LogP contribution in [0.4, 0.5) is 11.5 Å². The minimum absolute atomic E-state index is 0.0452. The number of nitrogens with one attached hydrogen (secondary N) is 2. The first-order valence-electron chi connectivity index (χ1n) is 6.83. The highest BCUT2D eigenvalue weighted by atomic mass is 32.2. The predicted molar refractivity (Wildman–Crippen MR) is 85.9 cm³/mol. The Kier molecular flexibility index (Phi) is 3.93. The van der Waals surface area contributed by atoms with Crippen molar-refractivity contribution in [1.82, 2.24) is 20.0 Å². The molecular formula is C13H14N6O4S. The fourth-order valence-electron chi connectivity index (χ4n) is 2.06.